The van der Waals surface area contributed by atoms with Crippen molar-refractivity contribution in [1.29, 1.82) is 0 Å². The summed E-state index contributed by atoms with van der Waals surface area (Å²) in [7, 11) is 0. The van der Waals surface area contributed by atoms with Gasteiger partial charge in [-0.15, -0.1) is 0 Å². The average molecular weight is 267 g/mol. The van der Waals surface area contributed by atoms with Gasteiger partial charge in [0.2, 0.25) is 4.32 Å². The molecule has 0 rings (SSSR count). The maximum Gasteiger partial charge on any atom is 0.332 e. The lowest BCUT2D eigenvalue weighted by Gasteiger charge is -2.16. The highest BCUT2D eigenvalue weighted by molar-refractivity contribution is 9.10. The second-order valence-electron chi connectivity index (χ2n) is 3.22. The third kappa shape index (κ3) is 3.65. The molecule has 0 aliphatic rings. The monoisotopic (exact) mass is 266 g/mol. The average Bonchev–Trinajstić information content (AvgIpc) is 2.11. The molecule has 0 aromatic heterocycles. The molecule has 0 aliphatic heterocycles. The molecule has 0 amide bonds. The number of carbonyl (C=O) groups is 2. The summed E-state index contributed by atoms with van der Waals surface area (Å²) in [4.78, 5) is 21.4. The number of aliphatic carboxylic acids is 2. The van der Waals surface area contributed by atoms with Gasteiger partial charge in [-0.3, -0.25) is 9.59 Å². The summed E-state index contributed by atoms with van der Waals surface area (Å²) in [5.41, 5.74) is 0. The molecule has 0 aliphatic carbocycles. The van der Waals surface area contributed by atoms with Crippen LogP contribution < -0.4 is 0 Å². The summed E-state index contributed by atoms with van der Waals surface area (Å²) >= 11 is 2.77. The van der Waals surface area contributed by atoms with Crippen molar-refractivity contribution in [2.75, 3.05) is 0 Å². The topological polar surface area (TPSA) is 74.6 Å². The highest BCUT2D eigenvalue weighted by atomic mass is 79.9. The molecule has 0 bridgehead atoms. The third-order valence-corrected chi connectivity index (χ3v) is 3.13. The molecule has 0 aromatic carbocycles. The van der Waals surface area contributed by atoms with Crippen LogP contribution in [0.3, 0.4) is 0 Å². The summed E-state index contributed by atoms with van der Waals surface area (Å²) in [5, 5.41) is 17.5. The Morgan fingerprint density at radius 1 is 1.14 bits per heavy atom. The maximum absolute atomic E-state index is 10.7. The van der Waals surface area contributed by atoms with Gasteiger partial charge in [-0.05, 0) is 6.42 Å². The number of carboxylic acids is 2. The Kier molecular flexibility index (Phi) is 5.76. The van der Waals surface area contributed by atoms with Crippen LogP contribution in [-0.4, -0.2) is 26.5 Å². The fourth-order valence-electron chi connectivity index (χ4n) is 1.10. The second kappa shape index (κ2) is 6.01. The molecule has 5 heteroatoms. The van der Waals surface area contributed by atoms with Crippen LogP contribution in [0.4, 0.5) is 0 Å². The standard InChI is InChI=1S/C9H15BrO4/c1-2-3-4-5-6-9(10,7(11)12)8(13)14/h2-6H2,1H3,(H,11,12)(H,13,14). The lowest BCUT2D eigenvalue weighted by atomic mass is 10.0. The predicted octanol–water partition coefficient (Wildman–Crippen LogP) is 2.26. The van der Waals surface area contributed by atoms with E-state index in [1.165, 1.54) is 0 Å². The molecule has 0 spiro atoms. The Balaban J connectivity index is 4.12. The predicted molar refractivity (Wildman–Crippen MR) is 55.7 cm³/mol. The van der Waals surface area contributed by atoms with Crippen molar-refractivity contribution < 1.29 is 19.8 Å². The maximum atomic E-state index is 10.7. The van der Waals surface area contributed by atoms with Crippen molar-refractivity contribution in [3.63, 3.8) is 0 Å². The van der Waals surface area contributed by atoms with Crippen LogP contribution in [0.15, 0.2) is 0 Å². The number of carboxylic acid groups (broad SMARTS) is 2. The van der Waals surface area contributed by atoms with Gasteiger partial charge in [-0.25, -0.2) is 0 Å². The Hall–Kier alpha value is -0.580. The van der Waals surface area contributed by atoms with E-state index in [1.807, 2.05) is 6.92 Å². The lowest BCUT2D eigenvalue weighted by Crippen LogP contribution is -2.40. The van der Waals surface area contributed by atoms with Gasteiger partial charge in [0.25, 0.3) is 0 Å². The Morgan fingerprint density at radius 2 is 1.64 bits per heavy atom. The van der Waals surface area contributed by atoms with Gasteiger partial charge >= 0.3 is 11.9 Å². The van der Waals surface area contributed by atoms with Crippen LogP contribution in [0, 0.1) is 0 Å². The summed E-state index contributed by atoms with van der Waals surface area (Å²) < 4.78 is -1.80. The molecule has 0 atom stereocenters. The number of hydrogen-bond acceptors (Lipinski definition) is 2. The quantitative estimate of drug-likeness (QED) is 0.421. The van der Waals surface area contributed by atoms with E-state index in [0.29, 0.717) is 6.42 Å². The van der Waals surface area contributed by atoms with Gasteiger partial charge in [0.1, 0.15) is 0 Å². The zero-order valence-electron chi connectivity index (χ0n) is 8.12. The van der Waals surface area contributed by atoms with E-state index < -0.39 is 16.3 Å². The van der Waals surface area contributed by atoms with Crippen molar-refractivity contribution >= 4 is 27.9 Å². The molecule has 0 radical (unpaired) electrons. The number of rotatable bonds is 7. The molecule has 0 unspecified atom stereocenters. The minimum atomic E-state index is -1.80. The zero-order chi connectivity index (χ0) is 11.2. The fourth-order valence-corrected chi connectivity index (χ4v) is 1.38. The van der Waals surface area contributed by atoms with Crippen molar-refractivity contribution in [2.24, 2.45) is 0 Å². The normalized spacial score (nSPS) is 11.3. The van der Waals surface area contributed by atoms with E-state index in [9.17, 15) is 9.59 Å². The van der Waals surface area contributed by atoms with E-state index in [0.717, 1.165) is 19.3 Å². The van der Waals surface area contributed by atoms with Gasteiger partial charge in [0.05, 0.1) is 0 Å². The molecule has 82 valence electrons. The molecular formula is C9H15BrO4. The highest BCUT2D eigenvalue weighted by Gasteiger charge is 2.43. The second-order valence-corrected chi connectivity index (χ2v) is 4.58. The van der Waals surface area contributed by atoms with Gasteiger partial charge in [0, 0.05) is 0 Å². The first-order valence-corrected chi connectivity index (χ1v) is 5.40. The van der Waals surface area contributed by atoms with E-state index in [2.05, 4.69) is 15.9 Å². The van der Waals surface area contributed by atoms with Gasteiger partial charge in [0.15, 0.2) is 0 Å². The number of unbranched alkanes of at least 4 members (excludes halogenated alkanes) is 3. The molecule has 4 nitrogen and oxygen atoms in total. The zero-order valence-corrected chi connectivity index (χ0v) is 9.71. The van der Waals surface area contributed by atoms with Gasteiger partial charge in [-0.1, -0.05) is 48.5 Å². The molecule has 0 aromatic rings. The molecule has 0 fully saturated rings. The molecular weight excluding hydrogens is 252 g/mol. The molecule has 0 saturated heterocycles. The summed E-state index contributed by atoms with van der Waals surface area (Å²) in [6.45, 7) is 2.04. The molecule has 14 heavy (non-hydrogen) atoms. The van der Waals surface area contributed by atoms with Gasteiger partial charge in [-0.2, -0.15) is 0 Å². The van der Waals surface area contributed by atoms with E-state index in [4.69, 9.17) is 10.2 Å². The Labute approximate surface area is 91.4 Å². The van der Waals surface area contributed by atoms with Crippen LogP contribution in [0.1, 0.15) is 39.0 Å². The number of alkyl halides is 1. The lowest BCUT2D eigenvalue weighted by molar-refractivity contribution is -0.151. The van der Waals surface area contributed by atoms with Gasteiger partial charge < -0.3 is 10.2 Å². The van der Waals surface area contributed by atoms with Crippen LogP contribution in [0.5, 0.6) is 0 Å². The largest absolute Gasteiger partial charge is 0.480 e. The first-order valence-electron chi connectivity index (χ1n) is 4.61. The third-order valence-electron chi connectivity index (χ3n) is 2.05. The molecule has 0 saturated carbocycles. The minimum Gasteiger partial charge on any atom is -0.480 e. The van der Waals surface area contributed by atoms with Crippen LogP contribution in [0.25, 0.3) is 0 Å². The van der Waals surface area contributed by atoms with Crippen molar-refractivity contribution in [1.82, 2.24) is 0 Å². The van der Waals surface area contributed by atoms with E-state index in [1.54, 1.807) is 0 Å². The minimum absolute atomic E-state index is 0.123. The van der Waals surface area contributed by atoms with Crippen molar-refractivity contribution in [3.05, 3.63) is 0 Å². The van der Waals surface area contributed by atoms with E-state index >= 15 is 0 Å². The molecule has 2 N–H and O–H groups in total. The Morgan fingerprint density at radius 3 is 2.00 bits per heavy atom. The highest BCUT2D eigenvalue weighted by Crippen LogP contribution is 2.26. The summed E-state index contributed by atoms with van der Waals surface area (Å²) in [6, 6.07) is 0. The van der Waals surface area contributed by atoms with Crippen LogP contribution in [-0.2, 0) is 9.59 Å². The van der Waals surface area contributed by atoms with Crippen LogP contribution >= 0.6 is 15.9 Å². The summed E-state index contributed by atoms with van der Waals surface area (Å²) in [6.07, 6.45) is 3.64. The van der Waals surface area contributed by atoms with Crippen LogP contribution in [0.2, 0.25) is 0 Å². The smallest absolute Gasteiger partial charge is 0.332 e. The van der Waals surface area contributed by atoms with Crippen molar-refractivity contribution in [3.8, 4) is 0 Å². The van der Waals surface area contributed by atoms with E-state index in [-0.39, 0.29) is 6.42 Å². The number of hydrogen-bond donors (Lipinski definition) is 2. The molecule has 0 heterocycles. The first kappa shape index (κ1) is 13.4. The summed E-state index contributed by atoms with van der Waals surface area (Å²) in [5.74, 6) is -2.66. The van der Waals surface area contributed by atoms with Crippen molar-refractivity contribution in [2.45, 2.75) is 43.4 Å². The SMILES string of the molecule is CCCCCCC(Br)(C(=O)O)C(=O)O. The fraction of sp³-hybridized carbons (Fsp3) is 0.778. The number of halogens is 1. The first-order chi connectivity index (χ1) is 6.45. The Bertz CT molecular complexity index is 201.